The molecule has 2 atom stereocenters. The van der Waals surface area contributed by atoms with Crippen LogP contribution in [-0.4, -0.2) is 21.5 Å². The number of nitrogens with zero attached hydrogens (tertiary/aromatic N) is 2. The zero-order valence-electron chi connectivity index (χ0n) is 11.6. The molecule has 1 aliphatic carbocycles. The number of aromatic nitrogens is 2. The molecule has 0 radical (unpaired) electrons. The summed E-state index contributed by atoms with van der Waals surface area (Å²) < 4.78 is 40.2. The SMILES string of the molecule is Cc1nn(C)c(Cl)c1CC1(N)CCCC(C(F)(F)F)C1. The smallest absolute Gasteiger partial charge is 0.325 e. The summed E-state index contributed by atoms with van der Waals surface area (Å²) >= 11 is 6.14. The molecule has 1 aromatic heterocycles. The Morgan fingerprint density at radius 3 is 2.65 bits per heavy atom. The van der Waals surface area contributed by atoms with Crippen molar-refractivity contribution in [2.24, 2.45) is 18.7 Å². The first-order chi connectivity index (χ1) is 9.12. The van der Waals surface area contributed by atoms with E-state index in [2.05, 4.69) is 5.10 Å². The van der Waals surface area contributed by atoms with Crippen molar-refractivity contribution in [3.05, 3.63) is 16.4 Å². The number of alkyl halides is 3. The molecule has 7 heteroatoms. The lowest BCUT2D eigenvalue weighted by Gasteiger charge is -2.38. The van der Waals surface area contributed by atoms with Crippen LogP contribution >= 0.6 is 11.6 Å². The molecule has 0 bridgehead atoms. The van der Waals surface area contributed by atoms with Gasteiger partial charge in [-0.3, -0.25) is 4.68 Å². The fourth-order valence-corrected chi connectivity index (χ4v) is 3.30. The first-order valence-electron chi connectivity index (χ1n) is 6.66. The van der Waals surface area contributed by atoms with E-state index in [-0.39, 0.29) is 12.8 Å². The van der Waals surface area contributed by atoms with E-state index >= 15 is 0 Å². The molecule has 1 fully saturated rings. The molecule has 2 unspecified atom stereocenters. The molecule has 0 aliphatic heterocycles. The van der Waals surface area contributed by atoms with Crippen LogP contribution in [-0.2, 0) is 13.5 Å². The van der Waals surface area contributed by atoms with Crippen LogP contribution in [0, 0.1) is 12.8 Å². The molecule has 0 saturated heterocycles. The summed E-state index contributed by atoms with van der Waals surface area (Å²) in [5.74, 6) is -1.31. The summed E-state index contributed by atoms with van der Waals surface area (Å²) in [6.45, 7) is 1.80. The van der Waals surface area contributed by atoms with Crippen molar-refractivity contribution in [2.45, 2.75) is 50.7 Å². The van der Waals surface area contributed by atoms with E-state index in [1.807, 2.05) is 0 Å². The van der Waals surface area contributed by atoms with Gasteiger partial charge in [0.1, 0.15) is 5.15 Å². The van der Waals surface area contributed by atoms with Crippen LogP contribution < -0.4 is 5.73 Å². The molecule has 2 N–H and O–H groups in total. The second kappa shape index (κ2) is 5.22. The zero-order chi connectivity index (χ0) is 15.1. The summed E-state index contributed by atoms with van der Waals surface area (Å²) in [5.41, 5.74) is 6.87. The molecule has 1 saturated carbocycles. The highest BCUT2D eigenvalue weighted by Crippen LogP contribution is 2.42. The van der Waals surface area contributed by atoms with Crippen LogP contribution in [0.15, 0.2) is 0 Å². The molecule has 3 nitrogen and oxygen atoms in total. The molecule has 1 heterocycles. The maximum atomic E-state index is 12.9. The number of hydrogen-bond acceptors (Lipinski definition) is 2. The molecule has 0 spiro atoms. The maximum absolute atomic E-state index is 12.9. The van der Waals surface area contributed by atoms with Crippen molar-refractivity contribution in [1.29, 1.82) is 0 Å². The minimum absolute atomic E-state index is 0.0405. The van der Waals surface area contributed by atoms with Gasteiger partial charge in [-0.25, -0.2) is 0 Å². The first-order valence-corrected chi connectivity index (χ1v) is 7.04. The Labute approximate surface area is 121 Å². The number of rotatable bonds is 2. The van der Waals surface area contributed by atoms with Crippen LogP contribution in [0.5, 0.6) is 0 Å². The molecule has 1 aromatic rings. The lowest BCUT2D eigenvalue weighted by Crippen LogP contribution is -2.49. The first kappa shape index (κ1) is 15.6. The van der Waals surface area contributed by atoms with Crippen molar-refractivity contribution in [1.82, 2.24) is 9.78 Å². The van der Waals surface area contributed by atoms with Crippen LogP contribution in [0.25, 0.3) is 0 Å². The number of nitrogens with two attached hydrogens (primary N) is 1. The molecule has 0 aromatic carbocycles. The molecule has 1 aliphatic rings. The average Bonchev–Trinajstić information content (AvgIpc) is 2.55. The van der Waals surface area contributed by atoms with E-state index in [0.717, 1.165) is 11.3 Å². The van der Waals surface area contributed by atoms with Crippen molar-refractivity contribution in [3.63, 3.8) is 0 Å². The highest BCUT2D eigenvalue weighted by molar-refractivity contribution is 6.30. The van der Waals surface area contributed by atoms with Gasteiger partial charge < -0.3 is 5.73 Å². The minimum Gasteiger partial charge on any atom is -0.325 e. The fraction of sp³-hybridized carbons (Fsp3) is 0.769. The molecule has 2 rings (SSSR count). The van der Waals surface area contributed by atoms with Gasteiger partial charge in [-0.15, -0.1) is 0 Å². The lowest BCUT2D eigenvalue weighted by molar-refractivity contribution is -0.187. The van der Waals surface area contributed by atoms with Gasteiger partial charge in [-0.1, -0.05) is 18.0 Å². The van der Waals surface area contributed by atoms with Crippen LogP contribution in [0.3, 0.4) is 0 Å². The Morgan fingerprint density at radius 1 is 1.50 bits per heavy atom. The van der Waals surface area contributed by atoms with Gasteiger partial charge in [0.25, 0.3) is 0 Å². The summed E-state index contributed by atoms with van der Waals surface area (Å²) in [6, 6.07) is 0. The lowest BCUT2D eigenvalue weighted by atomic mass is 9.73. The third-order valence-corrected chi connectivity index (χ3v) is 4.61. The normalized spacial score (nSPS) is 27.9. The van der Waals surface area contributed by atoms with E-state index in [1.165, 1.54) is 4.68 Å². The van der Waals surface area contributed by atoms with Crippen LogP contribution in [0.2, 0.25) is 5.15 Å². The standard InChI is InChI=1S/C13H19ClF3N3/c1-8-10(11(14)20(2)19-8)7-12(18)5-3-4-9(6-12)13(15,16)17/h9H,3-7,18H2,1-2H3. The van der Waals surface area contributed by atoms with E-state index in [4.69, 9.17) is 17.3 Å². The second-order valence-electron chi connectivity index (χ2n) is 5.85. The summed E-state index contributed by atoms with van der Waals surface area (Å²) in [6.07, 6.45) is -2.61. The predicted octanol–water partition coefficient (Wildman–Crippen LogP) is 3.37. The highest BCUT2D eigenvalue weighted by Gasteiger charge is 2.46. The van der Waals surface area contributed by atoms with Crippen molar-refractivity contribution >= 4 is 11.6 Å². The quantitative estimate of drug-likeness (QED) is 0.910. The molecular formula is C13H19ClF3N3. The van der Waals surface area contributed by atoms with Gasteiger partial charge in [0, 0.05) is 18.2 Å². The van der Waals surface area contributed by atoms with Gasteiger partial charge in [0.2, 0.25) is 0 Å². The minimum atomic E-state index is -4.17. The van der Waals surface area contributed by atoms with Gasteiger partial charge in [-0.05, 0) is 32.6 Å². The Kier molecular flexibility index (Phi) is 4.08. The van der Waals surface area contributed by atoms with Crippen LogP contribution in [0.4, 0.5) is 13.2 Å². The highest BCUT2D eigenvalue weighted by atomic mass is 35.5. The third kappa shape index (κ3) is 3.11. The largest absolute Gasteiger partial charge is 0.391 e. The van der Waals surface area contributed by atoms with Gasteiger partial charge in [0.15, 0.2) is 0 Å². The second-order valence-corrected chi connectivity index (χ2v) is 6.21. The van der Waals surface area contributed by atoms with Crippen molar-refractivity contribution in [3.8, 4) is 0 Å². The van der Waals surface area contributed by atoms with Crippen LogP contribution in [0.1, 0.15) is 36.9 Å². The van der Waals surface area contributed by atoms with Gasteiger partial charge in [0.05, 0.1) is 11.6 Å². The van der Waals surface area contributed by atoms with Crippen molar-refractivity contribution in [2.75, 3.05) is 0 Å². The Hall–Kier alpha value is -0.750. The number of hydrogen-bond donors (Lipinski definition) is 1. The predicted molar refractivity (Wildman–Crippen MR) is 71.6 cm³/mol. The molecule has 0 amide bonds. The number of aryl methyl sites for hydroxylation is 2. The summed E-state index contributed by atoms with van der Waals surface area (Å²) in [5, 5.41) is 4.64. The monoisotopic (exact) mass is 309 g/mol. The van der Waals surface area contributed by atoms with E-state index in [1.54, 1.807) is 14.0 Å². The Balaban J connectivity index is 2.19. The number of halogens is 4. The average molecular weight is 310 g/mol. The molecule has 114 valence electrons. The third-order valence-electron chi connectivity index (χ3n) is 4.14. The van der Waals surface area contributed by atoms with Crippen molar-refractivity contribution < 1.29 is 13.2 Å². The summed E-state index contributed by atoms with van der Waals surface area (Å²) in [4.78, 5) is 0. The zero-order valence-corrected chi connectivity index (χ0v) is 12.4. The van der Waals surface area contributed by atoms with E-state index in [9.17, 15) is 13.2 Å². The Bertz CT molecular complexity index is 498. The van der Waals surface area contributed by atoms with E-state index in [0.29, 0.717) is 24.4 Å². The maximum Gasteiger partial charge on any atom is 0.391 e. The van der Waals surface area contributed by atoms with Gasteiger partial charge >= 0.3 is 6.18 Å². The fourth-order valence-electron chi connectivity index (χ4n) is 3.06. The molecule has 20 heavy (non-hydrogen) atoms. The Morgan fingerprint density at radius 2 is 2.15 bits per heavy atom. The topological polar surface area (TPSA) is 43.8 Å². The summed E-state index contributed by atoms with van der Waals surface area (Å²) in [7, 11) is 1.71. The molecular weight excluding hydrogens is 291 g/mol. The van der Waals surface area contributed by atoms with Gasteiger partial charge in [-0.2, -0.15) is 18.3 Å². The van der Waals surface area contributed by atoms with E-state index < -0.39 is 17.6 Å².